The topological polar surface area (TPSA) is 43.4 Å². The fourth-order valence-electron chi connectivity index (χ4n) is 3.63. The van der Waals surface area contributed by atoms with Gasteiger partial charge in [-0.25, -0.2) is 0 Å². The Morgan fingerprint density at radius 3 is 1.38 bits per heavy atom. The summed E-state index contributed by atoms with van der Waals surface area (Å²) in [5, 5.41) is 0. The van der Waals surface area contributed by atoms with Gasteiger partial charge in [0, 0.05) is 0 Å². The fraction of sp³-hybridized carbons (Fsp3) is 1.00. The second-order valence-corrected chi connectivity index (χ2v) is 17.0. The van der Waals surface area contributed by atoms with Gasteiger partial charge in [-0.3, -0.25) is 0 Å². The number of hydrogen-bond donors (Lipinski definition) is 0. The summed E-state index contributed by atoms with van der Waals surface area (Å²) in [6.07, 6.45) is 17.4. The molecule has 0 aliphatic carbocycles. The monoisotopic (exact) mass is 410 g/mol. The molecule has 0 aromatic rings. The number of hydrogen-bond acceptors (Lipinski definition) is 3. The molecule has 0 amide bonds. The molecular formula is C21H47O3PS. The molecule has 0 heterocycles. The van der Waals surface area contributed by atoms with Gasteiger partial charge in [-0.15, -0.1) is 0 Å². The molecule has 0 atom stereocenters. The standard InChI is InChI=1S/C21H47O3PS/c1-6-9-11-13-15-17-19-25(4,5,24-26(22,23)21-8-3)20-18-16-14-12-10-7-2/h6-21H2,1-5H3. The molecule has 0 aliphatic rings. The Bertz CT molecular complexity index is 426. The van der Waals surface area contributed by atoms with Gasteiger partial charge in [0.05, 0.1) is 0 Å². The van der Waals surface area contributed by atoms with Crippen molar-refractivity contribution in [2.24, 2.45) is 0 Å². The van der Waals surface area contributed by atoms with Crippen LogP contribution in [0.3, 0.4) is 0 Å². The Hall–Kier alpha value is 0.340. The summed E-state index contributed by atoms with van der Waals surface area (Å²) in [7, 11) is -3.39. The predicted octanol–water partition coefficient (Wildman–Crippen LogP) is 7.19. The van der Waals surface area contributed by atoms with E-state index in [4.69, 9.17) is 3.97 Å². The van der Waals surface area contributed by atoms with Crippen LogP contribution in [0.4, 0.5) is 0 Å². The van der Waals surface area contributed by atoms with Gasteiger partial charge in [0.15, 0.2) is 0 Å². The molecular weight excluding hydrogens is 363 g/mol. The molecule has 0 rings (SSSR count). The van der Waals surface area contributed by atoms with E-state index in [1.807, 2.05) is 6.92 Å². The fourth-order valence-corrected chi connectivity index (χ4v) is 10.8. The van der Waals surface area contributed by atoms with Gasteiger partial charge >= 0.3 is 165 Å². The first-order valence-corrected chi connectivity index (χ1v) is 16.1. The van der Waals surface area contributed by atoms with E-state index in [-0.39, 0.29) is 5.75 Å². The van der Waals surface area contributed by atoms with E-state index in [1.165, 1.54) is 64.2 Å². The van der Waals surface area contributed by atoms with Gasteiger partial charge in [-0.05, 0) is 0 Å². The third-order valence-electron chi connectivity index (χ3n) is 5.24. The SMILES string of the molecule is CCCCCCCCP(C)(C)(CCCCCCCC)OS(=O)(=O)CCC. The van der Waals surface area contributed by atoms with Crippen molar-refractivity contribution < 1.29 is 12.4 Å². The molecule has 0 bridgehead atoms. The molecule has 3 nitrogen and oxygen atoms in total. The third kappa shape index (κ3) is 13.5. The molecule has 0 aliphatic heterocycles. The summed E-state index contributed by atoms with van der Waals surface area (Å²) in [6, 6.07) is 0. The Labute approximate surface area is 165 Å². The van der Waals surface area contributed by atoms with Crippen molar-refractivity contribution in [3.8, 4) is 0 Å². The van der Waals surface area contributed by atoms with Crippen molar-refractivity contribution in [1.29, 1.82) is 0 Å². The van der Waals surface area contributed by atoms with Crippen LogP contribution in [0, 0.1) is 0 Å². The van der Waals surface area contributed by atoms with Crippen molar-refractivity contribution in [2.45, 2.75) is 104 Å². The van der Waals surface area contributed by atoms with Crippen LogP contribution in [0.1, 0.15) is 104 Å². The second kappa shape index (κ2) is 13.5. The first-order chi connectivity index (χ1) is 12.2. The van der Waals surface area contributed by atoms with Gasteiger partial charge < -0.3 is 0 Å². The van der Waals surface area contributed by atoms with E-state index in [0.717, 1.165) is 25.2 Å². The van der Waals surface area contributed by atoms with E-state index >= 15 is 0 Å². The summed E-state index contributed by atoms with van der Waals surface area (Å²) >= 11 is 0. The summed E-state index contributed by atoms with van der Waals surface area (Å²) in [4.78, 5) is 0. The molecule has 0 aromatic carbocycles. The van der Waals surface area contributed by atoms with Crippen LogP contribution in [0.2, 0.25) is 0 Å². The van der Waals surface area contributed by atoms with Crippen LogP contribution in [0.5, 0.6) is 0 Å². The first-order valence-electron chi connectivity index (χ1n) is 11.1. The van der Waals surface area contributed by atoms with E-state index in [9.17, 15) is 8.42 Å². The summed E-state index contributed by atoms with van der Waals surface area (Å²) in [5.41, 5.74) is 0. The van der Waals surface area contributed by atoms with Gasteiger partial charge in [-0.2, -0.15) is 0 Å². The van der Waals surface area contributed by atoms with Crippen LogP contribution in [0.15, 0.2) is 0 Å². The number of unbranched alkanes of at least 4 members (excludes halogenated alkanes) is 10. The maximum absolute atomic E-state index is 12.4. The maximum atomic E-state index is 12.4. The van der Waals surface area contributed by atoms with Gasteiger partial charge in [-0.1, -0.05) is 0 Å². The van der Waals surface area contributed by atoms with Crippen molar-refractivity contribution in [3.63, 3.8) is 0 Å². The van der Waals surface area contributed by atoms with E-state index in [0.29, 0.717) is 6.42 Å². The molecule has 5 heteroatoms. The van der Waals surface area contributed by atoms with Crippen molar-refractivity contribution in [1.82, 2.24) is 0 Å². The zero-order valence-electron chi connectivity index (χ0n) is 18.4. The molecule has 0 saturated heterocycles. The van der Waals surface area contributed by atoms with Crippen LogP contribution in [-0.2, 0) is 14.1 Å². The summed E-state index contributed by atoms with van der Waals surface area (Å²) in [6.45, 7) is 8.07. The predicted molar refractivity (Wildman–Crippen MR) is 120 cm³/mol. The zero-order valence-corrected chi connectivity index (χ0v) is 20.1. The molecule has 0 spiro atoms. The third-order valence-corrected chi connectivity index (χ3v) is 12.5. The average molecular weight is 411 g/mol. The second-order valence-electron chi connectivity index (χ2n) is 8.88. The van der Waals surface area contributed by atoms with Crippen LogP contribution < -0.4 is 0 Å². The number of rotatable bonds is 18. The van der Waals surface area contributed by atoms with Gasteiger partial charge in [0.2, 0.25) is 0 Å². The summed E-state index contributed by atoms with van der Waals surface area (Å²) < 4.78 is 30.8. The Kier molecular flexibility index (Phi) is 13.7. The molecule has 0 saturated carbocycles. The van der Waals surface area contributed by atoms with Crippen LogP contribution in [0.25, 0.3) is 0 Å². The molecule has 0 aromatic heterocycles. The van der Waals surface area contributed by atoms with E-state index in [1.54, 1.807) is 0 Å². The minimum atomic E-state index is -3.39. The van der Waals surface area contributed by atoms with Crippen molar-refractivity contribution in [3.05, 3.63) is 0 Å². The van der Waals surface area contributed by atoms with Crippen molar-refractivity contribution >= 4 is 16.9 Å². The zero-order chi connectivity index (χ0) is 20.0. The summed E-state index contributed by atoms with van der Waals surface area (Å²) in [5.74, 6) is 0.152. The average Bonchev–Trinajstić information content (AvgIpc) is 2.53. The normalized spacial score (nSPS) is 14.3. The molecule has 0 fully saturated rings. The van der Waals surface area contributed by atoms with Gasteiger partial charge in [0.25, 0.3) is 0 Å². The Balaban J connectivity index is 4.68. The van der Waals surface area contributed by atoms with Crippen LogP contribution in [-0.4, -0.2) is 39.8 Å². The van der Waals surface area contributed by atoms with Gasteiger partial charge in [0.1, 0.15) is 0 Å². The van der Waals surface area contributed by atoms with Crippen LogP contribution >= 0.6 is 6.83 Å². The minimum absolute atomic E-state index is 0.152. The Morgan fingerprint density at radius 1 is 0.615 bits per heavy atom. The molecule has 26 heavy (non-hydrogen) atoms. The molecule has 0 radical (unpaired) electrons. The quantitative estimate of drug-likeness (QED) is 0.177. The molecule has 0 unspecified atom stereocenters. The first kappa shape index (κ1) is 26.3. The molecule has 160 valence electrons. The van der Waals surface area contributed by atoms with E-state index in [2.05, 4.69) is 27.2 Å². The van der Waals surface area contributed by atoms with E-state index < -0.39 is 16.9 Å². The molecule has 0 N–H and O–H groups in total. The Morgan fingerprint density at radius 2 is 1.00 bits per heavy atom. The van der Waals surface area contributed by atoms with Crippen molar-refractivity contribution in [2.75, 3.05) is 31.4 Å².